The molecule has 2 heteroatoms. The molecule has 0 heterocycles. The molecule has 44 valence electrons. The largest absolute Gasteiger partial charge is 0.323 e. The third-order valence-electron chi connectivity index (χ3n) is 1.22. The Morgan fingerprint density at radius 3 is 1.50 bits per heavy atom. The topological polar surface area (TPSA) is 52.0 Å². The summed E-state index contributed by atoms with van der Waals surface area (Å²) in [7, 11) is 0. The van der Waals surface area contributed by atoms with Crippen LogP contribution in [-0.2, 0) is 0 Å². The predicted octanol–water partition coefficient (Wildman–Crippen LogP) is -0.233. The molecule has 0 aromatic carbocycles. The molecule has 0 aromatic heterocycles. The zero-order chi connectivity index (χ0) is 5.98. The molecule has 0 saturated heterocycles. The van der Waals surface area contributed by atoms with Gasteiger partial charge in [0.2, 0.25) is 0 Å². The summed E-state index contributed by atoms with van der Waals surface area (Å²) in [6.07, 6.45) is 7.61. The Bertz CT molecular complexity index is 110. The van der Waals surface area contributed by atoms with E-state index in [9.17, 15) is 0 Å². The van der Waals surface area contributed by atoms with Crippen LogP contribution in [0.5, 0.6) is 0 Å². The minimum Gasteiger partial charge on any atom is -0.323 e. The predicted molar refractivity (Wildman–Crippen MR) is 34.2 cm³/mol. The number of hydrogen-bond acceptors (Lipinski definition) is 2. The first kappa shape index (κ1) is 5.54. The van der Waals surface area contributed by atoms with Gasteiger partial charge in [0.25, 0.3) is 0 Å². The van der Waals surface area contributed by atoms with Gasteiger partial charge in [-0.05, 0) is 0 Å². The highest BCUT2D eigenvalue weighted by Crippen LogP contribution is 1.97. The molecule has 1 aliphatic carbocycles. The van der Waals surface area contributed by atoms with Gasteiger partial charge in [-0.25, -0.2) is 0 Å². The van der Waals surface area contributed by atoms with Crippen LogP contribution in [0.1, 0.15) is 0 Å². The summed E-state index contributed by atoms with van der Waals surface area (Å²) < 4.78 is 0. The molecule has 0 fully saturated rings. The maximum atomic E-state index is 5.52. The van der Waals surface area contributed by atoms with Crippen molar-refractivity contribution in [2.45, 2.75) is 12.1 Å². The molecule has 1 aliphatic rings. The first-order chi connectivity index (χ1) is 3.80. The van der Waals surface area contributed by atoms with Gasteiger partial charge in [0.1, 0.15) is 0 Å². The summed E-state index contributed by atoms with van der Waals surface area (Å²) in [4.78, 5) is 0. The Labute approximate surface area is 48.9 Å². The standard InChI is InChI=1S/C6H10N2/c7-5-3-1-2-4-6(5)8/h1-6H,7-8H2/t5-,6?/m0/s1. The van der Waals surface area contributed by atoms with Crippen molar-refractivity contribution >= 4 is 0 Å². The minimum absolute atomic E-state index is 0.0139. The van der Waals surface area contributed by atoms with Crippen LogP contribution in [0.2, 0.25) is 0 Å². The summed E-state index contributed by atoms with van der Waals surface area (Å²) in [6, 6.07) is 0.0278. The van der Waals surface area contributed by atoms with E-state index in [-0.39, 0.29) is 12.1 Å². The lowest BCUT2D eigenvalue weighted by Crippen LogP contribution is -2.39. The van der Waals surface area contributed by atoms with Crippen LogP contribution in [0, 0.1) is 0 Å². The molecule has 0 radical (unpaired) electrons. The second-order valence-corrected chi connectivity index (χ2v) is 1.92. The van der Waals surface area contributed by atoms with Gasteiger partial charge in [0.05, 0.1) is 0 Å². The van der Waals surface area contributed by atoms with Gasteiger partial charge in [-0.3, -0.25) is 0 Å². The summed E-state index contributed by atoms with van der Waals surface area (Å²) in [5, 5.41) is 0. The van der Waals surface area contributed by atoms with E-state index in [4.69, 9.17) is 11.5 Å². The Hall–Kier alpha value is -0.600. The molecule has 0 aliphatic heterocycles. The molecule has 0 bridgehead atoms. The fraction of sp³-hybridized carbons (Fsp3) is 0.333. The smallest absolute Gasteiger partial charge is 0.0417 e. The molecular weight excluding hydrogens is 100 g/mol. The van der Waals surface area contributed by atoms with E-state index in [2.05, 4.69) is 0 Å². The van der Waals surface area contributed by atoms with Gasteiger partial charge >= 0.3 is 0 Å². The van der Waals surface area contributed by atoms with Crippen LogP contribution in [0.25, 0.3) is 0 Å². The van der Waals surface area contributed by atoms with Gasteiger partial charge in [0.15, 0.2) is 0 Å². The van der Waals surface area contributed by atoms with Crippen molar-refractivity contribution in [3.05, 3.63) is 24.3 Å². The van der Waals surface area contributed by atoms with Gasteiger partial charge in [-0.1, -0.05) is 24.3 Å². The van der Waals surface area contributed by atoms with Crippen LogP contribution in [0.3, 0.4) is 0 Å². The lowest BCUT2D eigenvalue weighted by atomic mass is 10.1. The Balaban J connectivity index is 2.59. The highest BCUT2D eigenvalue weighted by Gasteiger charge is 2.06. The maximum Gasteiger partial charge on any atom is 0.0417 e. The summed E-state index contributed by atoms with van der Waals surface area (Å²) >= 11 is 0. The van der Waals surface area contributed by atoms with Gasteiger partial charge in [0, 0.05) is 12.1 Å². The van der Waals surface area contributed by atoms with Crippen molar-refractivity contribution in [2.24, 2.45) is 11.5 Å². The van der Waals surface area contributed by atoms with Gasteiger partial charge in [-0.2, -0.15) is 0 Å². The lowest BCUT2D eigenvalue weighted by Gasteiger charge is -2.13. The molecule has 0 saturated carbocycles. The number of nitrogens with two attached hydrogens (primary N) is 2. The Morgan fingerprint density at radius 1 is 0.875 bits per heavy atom. The van der Waals surface area contributed by atoms with Crippen molar-refractivity contribution < 1.29 is 0 Å². The molecule has 1 unspecified atom stereocenters. The molecule has 2 atom stereocenters. The maximum absolute atomic E-state index is 5.52. The van der Waals surface area contributed by atoms with Crippen LogP contribution >= 0.6 is 0 Å². The highest BCUT2D eigenvalue weighted by molar-refractivity contribution is 5.18. The number of allylic oxidation sites excluding steroid dienone is 2. The third-order valence-corrected chi connectivity index (χ3v) is 1.22. The molecule has 1 rings (SSSR count). The van der Waals surface area contributed by atoms with Crippen LogP contribution in [0.15, 0.2) is 24.3 Å². The van der Waals surface area contributed by atoms with Crippen LogP contribution < -0.4 is 11.5 Å². The van der Waals surface area contributed by atoms with E-state index in [0.29, 0.717) is 0 Å². The fourth-order valence-corrected chi connectivity index (χ4v) is 0.642. The van der Waals surface area contributed by atoms with E-state index in [1.54, 1.807) is 0 Å². The monoisotopic (exact) mass is 110 g/mol. The highest BCUT2D eigenvalue weighted by atomic mass is 14.8. The van der Waals surface area contributed by atoms with Gasteiger partial charge < -0.3 is 11.5 Å². The minimum atomic E-state index is 0.0139. The zero-order valence-corrected chi connectivity index (χ0v) is 4.62. The van der Waals surface area contributed by atoms with Crippen molar-refractivity contribution in [1.29, 1.82) is 0 Å². The number of hydrogen-bond donors (Lipinski definition) is 2. The SMILES string of the molecule is NC1C=CC=C[C@@H]1N. The van der Waals surface area contributed by atoms with Crippen LogP contribution in [-0.4, -0.2) is 12.1 Å². The lowest BCUT2D eigenvalue weighted by molar-refractivity contribution is 0.699. The van der Waals surface area contributed by atoms with E-state index in [1.807, 2.05) is 24.3 Å². The van der Waals surface area contributed by atoms with Crippen molar-refractivity contribution in [2.75, 3.05) is 0 Å². The Kier molecular flexibility index (Phi) is 1.46. The van der Waals surface area contributed by atoms with Crippen molar-refractivity contribution in [1.82, 2.24) is 0 Å². The molecule has 0 amide bonds. The second kappa shape index (κ2) is 2.11. The molecular formula is C6H10N2. The molecule has 8 heavy (non-hydrogen) atoms. The van der Waals surface area contributed by atoms with E-state index < -0.39 is 0 Å². The van der Waals surface area contributed by atoms with E-state index in [0.717, 1.165) is 0 Å². The molecule has 0 aromatic rings. The third kappa shape index (κ3) is 0.967. The molecule has 0 spiro atoms. The summed E-state index contributed by atoms with van der Waals surface area (Å²) in [5.41, 5.74) is 11.0. The quantitative estimate of drug-likeness (QED) is 0.452. The van der Waals surface area contributed by atoms with Crippen molar-refractivity contribution in [3.63, 3.8) is 0 Å². The molecule has 2 nitrogen and oxygen atoms in total. The van der Waals surface area contributed by atoms with E-state index >= 15 is 0 Å². The summed E-state index contributed by atoms with van der Waals surface area (Å²) in [5.74, 6) is 0. The second-order valence-electron chi connectivity index (χ2n) is 1.92. The average Bonchev–Trinajstić information content (AvgIpc) is 1.77. The van der Waals surface area contributed by atoms with E-state index in [1.165, 1.54) is 0 Å². The first-order valence-corrected chi connectivity index (χ1v) is 2.67. The fourth-order valence-electron chi connectivity index (χ4n) is 0.642. The summed E-state index contributed by atoms with van der Waals surface area (Å²) in [6.45, 7) is 0. The molecule has 4 N–H and O–H groups in total. The zero-order valence-electron chi connectivity index (χ0n) is 4.62. The normalized spacial score (nSPS) is 35.8. The van der Waals surface area contributed by atoms with Gasteiger partial charge in [-0.15, -0.1) is 0 Å². The van der Waals surface area contributed by atoms with Crippen LogP contribution in [0.4, 0.5) is 0 Å². The first-order valence-electron chi connectivity index (χ1n) is 2.67. The van der Waals surface area contributed by atoms with Crippen molar-refractivity contribution in [3.8, 4) is 0 Å². The Morgan fingerprint density at radius 2 is 1.25 bits per heavy atom. The number of rotatable bonds is 0. The average molecular weight is 110 g/mol.